The van der Waals surface area contributed by atoms with Gasteiger partial charge in [0.2, 0.25) is 0 Å². The maximum atomic E-state index is 11.0. The maximum Gasteiger partial charge on any atom is 0.409 e. The minimum Gasteiger partial charge on any atom is -0.465 e. The van der Waals surface area contributed by atoms with E-state index in [9.17, 15) is 10.1 Å². The van der Waals surface area contributed by atoms with E-state index in [0.717, 1.165) is 49.8 Å². The lowest BCUT2D eigenvalue weighted by atomic mass is 9.86. The zero-order valence-electron chi connectivity index (χ0n) is 19.4. The number of fused-ring (bicyclic) bond motifs is 3. The van der Waals surface area contributed by atoms with Crippen LogP contribution in [0.25, 0.3) is 44.2 Å². The summed E-state index contributed by atoms with van der Waals surface area (Å²) in [6, 6.07) is 17.9. The number of carboxylic acid groups (broad SMARTS) is 1. The smallest absolute Gasteiger partial charge is 0.409 e. The van der Waals surface area contributed by atoms with Gasteiger partial charge in [0.15, 0.2) is 0 Å². The van der Waals surface area contributed by atoms with Crippen molar-refractivity contribution in [1.82, 2.24) is 19.7 Å². The van der Waals surface area contributed by atoms with Crippen molar-refractivity contribution in [3.05, 3.63) is 72.7 Å². The number of aryl methyl sites for hydroxylation is 1. The summed E-state index contributed by atoms with van der Waals surface area (Å²) in [5, 5.41) is 27.5. The molecule has 1 amide bonds. The molecule has 0 aliphatic heterocycles. The van der Waals surface area contributed by atoms with E-state index >= 15 is 0 Å². The second-order valence-electron chi connectivity index (χ2n) is 8.93. The van der Waals surface area contributed by atoms with Crippen LogP contribution in [0, 0.1) is 11.3 Å². The van der Waals surface area contributed by atoms with Crippen molar-refractivity contribution in [2.24, 2.45) is 7.05 Å². The third-order valence-corrected chi connectivity index (χ3v) is 6.17. The van der Waals surface area contributed by atoms with Crippen LogP contribution >= 0.6 is 0 Å². The van der Waals surface area contributed by atoms with E-state index < -0.39 is 11.5 Å². The molecule has 2 N–H and O–H groups in total. The first-order valence-corrected chi connectivity index (χ1v) is 11.0. The number of hydrogen-bond acceptors (Lipinski definition) is 5. The molecule has 0 aliphatic rings. The summed E-state index contributed by atoms with van der Waals surface area (Å²) < 4.78 is 1.82. The SMILES string of the molecule is Cn1nc(-c2ccc(C(C)(C)C#N)cc2)c2c3cc(-c4cncc(NC(=O)O)c4)ccc3ncc21. The van der Waals surface area contributed by atoms with Gasteiger partial charge in [-0.1, -0.05) is 30.3 Å². The highest BCUT2D eigenvalue weighted by molar-refractivity contribution is 6.12. The van der Waals surface area contributed by atoms with Gasteiger partial charge in [-0.05, 0) is 43.2 Å². The standard InChI is InChI=1S/C27H22N6O2/c1-27(2,15-28)19-7-4-16(5-8-19)25-24-21-11-17(18-10-20(13-29-12-18)31-26(34)35)6-9-22(21)30-14-23(24)33(3)32-25/h4-14,31H,1-3H3,(H,34,35). The fourth-order valence-corrected chi connectivity index (χ4v) is 4.21. The van der Waals surface area contributed by atoms with E-state index in [4.69, 9.17) is 10.2 Å². The zero-order chi connectivity index (χ0) is 24.7. The molecule has 3 aromatic heterocycles. The Balaban J connectivity index is 1.68. The quantitative estimate of drug-likeness (QED) is 0.352. The van der Waals surface area contributed by atoms with E-state index in [0.29, 0.717) is 5.69 Å². The monoisotopic (exact) mass is 462 g/mol. The van der Waals surface area contributed by atoms with Crippen LogP contribution in [0.4, 0.5) is 10.5 Å². The molecule has 3 heterocycles. The summed E-state index contributed by atoms with van der Waals surface area (Å²) in [4.78, 5) is 19.8. The highest BCUT2D eigenvalue weighted by Gasteiger charge is 2.21. The predicted molar refractivity (Wildman–Crippen MR) is 135 cm³/mol. The molecule has 35 heavy (non-hydrogen) atoms. The van der Waals surface area contributed by atoms with Gasteiger partial charge in [-0.2, -0.15) is 10.4 Å². The average Bonchev–Trinajstić information content (AvgIpc) is 3.20. The normalized spacial score (nSPS) is 11.5. The van der Waals surface area contributed by atoms with Crippen molar-refractivity contribution >= 4 is 33.6 Å². The lowest BCUT2D eigenvalue weighted by Crippen LogP contribution is -2.13. The van der Waals surface area contributed by atoms with Crippen molar-refractivity contribution in [2.45, 2.75) is 19.3 Å². The second-order valence-corrected chi connectivity index (χ2v) is 8.93. The topological polar surface area (TPSA) is 117 Å². The summed E-state index contributed by atoms with van der Waals surface area (Å²) >= 11 is 0. The number of pyridine rings is 2. The molecule has 5 aromatic rings. The molecule has 5 rings (SSSR count). The summed E-state index contributed by atoms with van der Waals surface area (Å²) in [7, 11) is 1.89. The van der Waals surface area contributed by atoms with Gasteiger partial charge in [-0.15, -0.1) is 0 Å². The fourth-order valence-electron chi connectivity index (χ4n) is 4.21. The molecule has 0 aliphatic carbocycles. The predicted octanol–water partition coefficient (Wildman–Crippen LogP) is 5.74. The van der Waals surface area contributed by atoms with Crippen molar-refractivity contribution < 1.29 is 9.90 Å². The van der Waals surface area contributed by atoms with Gasteiger partial charge in [0.25, 0.3) is 0 Å². The summed E-state index contributed by atoms with van der Waals surface area (Å²) in [5.74, 6) is 0. The van der Waals surface area contributed by atoms with Crippen LogP contribution in [0.3, 0.4) is 0 Å². The van der Waals surface area contributed by atoms with E-state index in [1.165, 1.54) is 6.20 Å². The molecule has 0 radical (unpaired) electrons. The third-order valence-electron chi connectivity index (χ3n) is 6.17. The minimum absolute atomic E-state index is 0.397. The minimum atomic E-state index is -1.14. The van der Waals surface area contributed by atoms with Gasteiger partial charge in [-0.25, -0.2) is 4.79 Å². The van der Waals surface area contributed by atoms with Gasteiger partial charge < -0.3 is 5.11 Å². The second kappa shape index (κ2) is 8.22. The number of nitriles is 1. The first-order valence-electron chi connectivity index (χ1n) is 11.0. The molecule has 2 aromatic carbocycles. The molecule has 8 nitrogen and oxygen atoms in total. The summed E-state index contributed by atoms with van der Waals surface area (Å²) in [6.07, 6.45) is 3.84. The third kappa shape index (κ3) is 3.93. The molecule has 0 fully saturated rings. The molecule has 8 heteroatoms. The van der Waals surface area contributed by atoms with Gasteiger partial charge in [0, 0.05) is 35.1 Å². The summed E-state index contributed by atoms with van der Waals surface area (Å²) in [5.41, 5.74) is 5.92. The molecule has 0 spiro atoms. The summed E-state index contributed by atoms with van der Waals surface area (Å²) in [6.45, 7) is 3.80. The number of anilines is 1. The van der Waals surface area contributed by atoms with Crippen LogP contribution in [0.5, 0.6) is 0 Å². The van der Waals surface area contributed by atoms with Gasteiger partial charge in [-0.3, -0.25) is 20.0 Å². The van der Waals surface area contributed by atoms with Gasteiger partial charge >= 0.3 is 6.09 Å². The Morgan fingerprint density at radius 1 is 1.03 bits per heavy atom. The van der Waals surface area contributed by atoms with Gasteiger partial charge in [0.05, 0.1) is 40.6 Å². The Morgan fingerprint density at radius 3 is 2.49 bits per heavy atom. The zero-order valence-corrected chi connectivity index (χ0v) is 19.4. The maximum absolute atomic E-state index is 11.0. The Labute approximate surface area is 201 Å². The van der Waals surface area contributed by atoms with Crippen LogP contribution in [0.2, 0.25) is 0 Å². The van der Waals surface area contributed by atoms with Crippen molar-refractivity contribution in [3.8, 4) is 28.5 Å². The Bertz CT molecular complexity index is 1640. The number of carbonyl (C=O) groups is 1. The molecule has 0 saturated carbocycles. The molecule has 0 bridgehead atoms. The van der Waals surface area contributed by atoms with E-state index in [-0.39, 0.29) is 0 Å². The van der Waals surface area contributed by atoms with Gasteiger partial charge in [0.1, 0.15) is 5.69 Å². The molecule has 0 saturated heterocycles. The lowest BCUT2D eigenvalue weighted by molar-refractivity contribution is 0.209. The first kappa shape index (κ1) is 22.0. The highest BCUT2D eigenvalue weighted by atomic mass is 16.4. The first-order chi connectivity index (χ1) is 16.8. The number of rotatable bonds is 4. The van der Waals surface area contributed by atoms with E-state index in [1.54, 1.807) is 12.3 Å². The average molecular weight is 463 g/mol. The largest absolute Gasteiger partial charge is 0.465 e. The van der Waals surface area contributed by atoms with Crippen molar-refractivity contribution in [1.29, 1.82) is 5.26 Å². The number of nitrogens with one attached hydrogen (secondary N) is 1. The van der Waals surface area contributed by atoms with Crippen LogP contribution in [0.15, 0.2) is 67.1 Å². The number of aromatic nitrogens is 4. The van der Waals surface area contributed by atoms with Crippen LogP contribution in [-0.2, 0) is 12.5 Å². The molecule has 0 atom stereocenters. The van der Waals surface area contributed by atoms with E-state index in [1.807, 2.05) is 74.2 Å². The van der Waals surface area contributed by atoms with Crippen LogP contribution in [-0.4, -0.2) is 30.9 Å². The molecule has 0 unspecified atom stereocenters. The molecular weight excluding hydrogens is 440 g/mol. The Hall–Kier alpha value is -4.77. The number of benzene rings is 2. The van der Waals surface area contributed by atoms with Crippen molar-refractivity contribution in [3.63, 3.8) is 0 Å². The van der Waals surface area contributed by atoms with Crippen molar-refractivity contribution in [2.75, 3.05) is 5.32 Å². The fraction of sp³-hybridized carbons (Fsp3) is 0.148. The molecular formula is C27H22N6O2. The lowest BCUT2D eigenvalue weighted by Gasteiger charge is -2.15. The molecule has 172 valence electrons. The van der Waals surface area contributed by atoms with Crippen LogP contribution in [0.1, 0.15) is 19.4 Å². The Morgan fingerprint density at radius 2 is 1.77 bits per heavy atom. The number of hydrogen-bond donors (Lipinski definition) is 2. The highest BCUT2D eigenvalue weighted by Crippen LogP contribution is 2.36. The van der Waals surface area contributed by atoms with Crippen LogP contribution < -0.4 is 5.32 Å². The number of nitrogens with zero attached hydrogens (tertiary/aromatic N) is 5. The number of amides is 1. The van der Waals surface area contributed by atoms with E-state index in [2.05, 4.69) is 21.4 Å². The Kier molecular flexibility index (Phi) is 5.18.